The topological polar surface area (TPSA) is 35.8 Å². The highest BCUT2D eigenvalue weighted by Gasteiger charge is 2.02. The van der Waals surface area contributed by atoms with E-state index in [2.05, 4.69) is 38.2 Å². The summed E-state index contributed by atoms with van der Waals surface area (Å²) in [4.78, 5) is 0. The third kappa shape index (κ3) is 4.42. The molecule has 0 heterocycles. The van der Waals surface area contributed by atoms with Gasteiger partial charge in [0.1, 0.15) is 0 Å². The van der Waals surface area contributed by atoms with E-state index >= 15 is 0 Å². The summed E-state index contributed by atoms with van der Waals surface area (Å²) in [6, 6.07) is 10.2. The Morgan fingerprint density at radius 3 is 2.94 bits per heavy atom. The first kappa shape index (κ1) is 13.5. The normalized spacial score (nSPS) is 13.2. The largest absolute Gasteiger partial charge is 0.311 e. The summed E-state index contributed by atoms with van der Waals surface area (Å²) < 4.78 is 0. The van der Waals surface area contributed by atoms with Crippen LogP contribution in [0.25, 0.3) is 6.08 Å². The van der Waals surface area contributed by atoms with Gasteiger partial charge < -0.3 is 5.32 Å². The first-order valence-electron chi connectivity index (χ1n) is 6.09. The maximum absolute atomic E-state index is 8.84. The summed E-state index contributed by atoms with van der Waals surface area (Å²) in [6.07, 6.45) is 3.27. The van der Waals surface area contributed by atoms with Gasteiger partial charge in [-0.3, -0.25) is 0 Å². The zero-order valence-electron chi connectivity index (χ0n) is 10.8. The molecule has 1 unspecified atom stereocenters. The Morgan fingerprint density at radius 2 is 2.29 bits per heavy atom. The first-order chi connectivity index (χ1) is 8.17. The van der Waals surface area contributed by atoms with Crippen LogP contribution in [-0.4, -0.2) is 12.6 Å². The fraction of sp³-hybridized carbons (Fsp3) is 0.400. The van der Waals surface area contributed by atoms with E-state index in [1.807, 2.05) is 24.3 Å². The maximum Gasteiger partial charge on any atom is 0.0991 e. The molecule has 2 nitrogen and oxygen atoms in total. The quantitative estimate of drug-likeness (QED) is 0.839. The van der Waals surface area contributed by atoms with E-state index in [1.165, 1.54) is 5.57 Å². The van der Waals surface area contributed by atoms with Crippen LogP contribution in [0.2, 0.25) is 0 Å². The van der Waals surface area contributed by atoms with Crippen molar-refractivity contribution in [2.24, 2.45) is 0 Å². The van der Waals surface area contributed by atoms with E-state index in [0.717, 1.165) is 18.5 Å². The zero-order chi connectivity index (χ0) is 12.7. The Balaban J connectivity index is 2.76. The second-order valence-electron chi connectivity index (χ2n) is 4.30. The van der Waals surface area contributed by atoms with Gasteiger partial charge in [0, 0.05) is 6.04 Å². The Labute approximate surface area is 104 Å². The molecule has 0 bridgehead atoms. The van der Waals surface area contributed by atoms with Crippen molar-refractivity contribution >= 4 is 6.08 Å². The molecular weight excluding hydrogens is 208 g/mol. The number of nitriles is 1. The monoisotopic (exact) mass is 228 g/mol. The second kappa shape index (κ2) is 6.88. The van der Waals surface area contributed by atoms with Crippen LogP contribution in [0, 0.1) is 11.3 Å². The smallest absolute Gasteiger partial charge is 0.0991 e. The second-order valence-corrected chi connectivity index (χ2v) is 4.30. The van der Waals surface area contributed by atoms with Gasteiger partial charge in [0.15, 0.2) is 0 Å². The van der Waals surface area contributed by atoms with Crippen LogP contribution in [0.1, 0.15) is 38.3 Å². The molecule has 17 heavy (non-hydrogen) atoms. The highest BCUT2D eigenvalue weighted by Crippen LogP contribution is 2.11. The van der Waals surface area contributed by atoms with Crippen molar-refractivity contribution in [3.63, 3.8) is 0 Å². The van der Waals surface area contributed by atoms with Gasteiger partial charge in [-0.25, -0.2) is 0 Å². The number of hydrogen-bond donors (Lipinski definition) is 1. The minimum Gasteiger partial charge on any atom is -0.311 e. The molecule has 1 atom stereocenters. The van der Waals surface area contributed by atoms with Gasteiger partial charge >= 0.3 is 0 Å². The predicted octanol–water partition coefficient (Wildman–Crippen LogP) is 3.35. The lowest BCUT2D eigenvalue weighted by molar-refractivity contribution is 0.604. The number of hydrogen-bond acceptors (Lipinski definition) is 2. The fourth-order valence-corrected chi connectivity index (χ4v) is 1.61. The van der Waals surface area contributed by atoms with Gasteiger partial charge in [0.2, 0.25) is 0 Å². The Kier molecular flexibility index (Phi) is 5.45. The van der Waals surface area contributed by atoms with Gasteiger partial charge in [0.25, 0.3) is 0 Å². The number of nitrogens with zero attached hydrogens (tertiary/aromatic N) is 1. The Bertz CT molecular complexity index is 427. The zero-order valence-corrected chi connectivity index (χ0v) is 10.8. The molecule has 0 amide bonds. The molecule has 90 valence electrons. The summed E-state index contributed by atoms with van der Waals surface area (Å²) in [7, 11) is 0. The minimum atomic E-state index is 0.376. The third-order valence-electron chi connectivity index (χ3n) is 2.79. The molecule has 0 saturated heterocycles. The van der Waals surface area contributed by atoms with E-state index < -0.39 is 0 Å². The van der Waals surface area contributed by atoms with E-state index in [0.29, 0.717) is 11.6 Å². The highest BCUT2D eigenvalue weighted by molar-refractivity contribution is 5.55. The average Bonchev–Trinajstić information content (AvgIpc) is 2.36. The average molecular weight is 228 g/mol. The fourth-order valence-electron chi connectivity index (χ4n) is 1.61. The van der Waals surface area contributed by atoms with Crippen molar-refractivity contribution in [2.75, 3.05) is 6.54 Å². The molecule has 0 aliphatic rings. The summed E-state index contributed by atoms with van der Waals surface area (Å²) in [5.74, 6) is 0. The van der Waals surface area contributed by atoms with Crippen LogP contribution < -0.4 is 5.32 Å². The van der Waals surface area contributed by atoms with Crippen molar-refractivity contribution in [3.8, 4) is 6.07 Å². The van der Waals surface area contributed by atoms with Crippen LogP contribution in [0.3, 0.4) is 0 Å². The van der Waals surface area contributed by atoms with Crippen molar-refractivity contribution in [1.29, 1.82) is 5.26 Å². The van der Waals surface area contributed by atoms with Gasteiger partial charge in [-0.05, 0) is 44.5 Å². The SMILES string of the molecule is CCCNC(C)/C(C)=C/c1cccc(C#N)c1. The molecule has 0 fully saturated rings. The van der Waals surface area contributed by atoms with Crippen LogP contribution in [0.5, 0.6) is 0 Å². The molecule has 1 N–H and O–H groups in total. The molecule has 0 aliphatic heterocycles. The highest BCUT2D eigenvalue weighted by atomic mass is 14.9. The van der Waals surface area contributed by atoms with Crippen molar-refractivity contribution in [1.82, 2.24) is 5.32 Å². The standard InChI is InChI=1S/C15H20N2/c1-4-8-17-13(3)12(2)9-14-6-5-7-15(10-14)11-16/h5-7,9-10,13,17H,4,8H2,1-3H3/b12-9+. The Morgan fingerprint density at radius 1 is 1.53 bits per heavy atom. The number of nitrogens with one attached hydrogen (secondary N) is 1. The summed E-state index contributed by atoms with van der Waals surface area (Å²) in [5.41, 5.74) is 3.08. The van der Waals surface area contributed by atoms with E-state index in [-0.39, 0.29) is 0 Å². The molecule has 2 heteroatoms. The molecule has 1 aromatic carbocycles. The van der Waals surface area contributed by atoms with Gasteiger partial charge in [-0.2, -0.15) is 5.26 Å². The number of rotatable bonds is 5. The van der Waals surface area contributed by atoms with Crippen molar-refractivity contribution < 1.29 is 0 Å². The van der Waals surface area contributed by atoms with Crippen molar-refractivity contribution in [2.45, 2.75) is 33.2 Å². The molecule has 0 aromatic heterocycles. The van der Waals surface area contributed by atoms with Gasteiger partial charge in [-0.1, -0.05) is 30.7 Å². The van der Waals surface area contributed by atoms with Crippen LogP contribution in [0.4, 0.5) is 0 Å². The molecule has 0 radical (unpaired) electrons. The molecule has 0 aliphatic carbocycles. The van der Waals surface area contributed by atoms with Crippen molar-refractivity contribution in [3.05, 3.63) is 41.0 Å². The molecule has 1 aromatic rings. The summed E-state index contributed by atoms with van der Waals surface area (Å²) in [5, 5.41) is 12.3. The molecular formula is C15H20N2. The lowest BCUT2D eigenvalue weighted by Crippen LogP contribution is -2.27. The Hall–Kier alpha value is -1.59. The lowest BCUT2D eigenvalue weighted by Gasteiger charge is -2.14. The first-order valence-corrected chi connectivity index (χ1v) is 6.09. The molecule has 0 spiro atoms. The third-order valence-corrected chi connectivity index (χ3v) is 2.79. The predicted molar refractivity (Wildman–Crippen MR) is 72.6 cm³/mol. The van der Waals surface area contributed by atoms with E-state index in [1.54, 1.807) is 0 Å². The minimum absolute atomic E-state index is 0.376. The van der Waals surface area contributed by atoms with Gasteiger partial charge in [0.05, 0.1) is 11.6 Å². The lowest BCUT2D eigenvalue weighted by atomic mass is 10.0. The van der Waals surface area contributed by atoms with E-state index in [4.69, 9.17) is 5.26 Å². The van der Waals surface area contributed by atoms with Crippen LogP contribution >= 0.6 is 0 Å². The number of benzene rings is 1. The summed E-state index contributed by atoms with van der Waals surface area (Å²) in [6.45, 7) is 7.47. The van der Waals surface area contributed by atoms with Crippen LogP contribution in [-0.2, 0) is 0 Å². The van der Waals surface area contributed by atoms with E-state index in [9.17, 15) is 0 Å². The molecule has 1 rings (SSSR count). The van der Waals surface area contributed by atoms with Gasteiger partial charge in [-0.15, -0.1) is 0 Å². The maximum atomic E-state index is 8.84. The molecule has 0 saturated carbocycles. The summed E-state index contributed by atoms with van der Waals surface area (Å²) >= 11 is 0. The van der Waals surface area contributed by atoms with Crippen LogP contribution in [0.15, 0.2) is 29.8 Å².